The van der Waals surface area contributed by atoms with E-state index in [0.29, 0.717) is 5.69 Å². The van der Waals surface area contributed by atoms with Crippen molar-refractivity contribution < 1.29 is 23.2 Å². The lowest BCUT2D eigenvalue weighted by molar-refractivity contribution is -0.136. The van der Waals surface area contributed by atoms with E-state index in [4.69, 9.17) is 5.10 Å². The Hall–Kier alpha value is -5.58. The molecular weight excluding hydrogens is 602 g/mol. The summed E-state index contributed by atoms with van der Waals surface area (Å²) in [7, 11) is 0. The van der Waals surface area contributed by atoms with Crippen LogP contribution in [0.3, 0.4) is 0 Å². The molecule has 0 unspecified atom stereocenters. The summed E-state index contributed by atoms with van der Waals surface area (Å²) in [6.07, 6.45) is 4.30. The van der Waals surface area contributed by atoms with E-state index >= 15 is 0 Å². The van der Waals surface area contributed by atoms with Crippen molar-refractivity contribution in [2.24, 2.45) is 21.4 Å². The minimum absolute atomic E-state index is 0.158. The molecule has 3 heterocycles. The van der Waals surface area contributed by atoms with Crippen molar-refractivity contribution in [1.29, 1.82) is 0 Å². The molecule has 4 aromatic carbocycles. The second kappa shape index (κ2) is 11.3. The molecule has 0 N–H and O–H groups in total. The molecule has 234 valence electrons. The van der Waals surface area contributed by atoms with Gasteiger partial charge in [-0.3, -0.25) is 19.4 Å². The number of anilines is 1. The normalized spacial score (nSPS) is 24.3. The second-order valence-electron chi connectivity index (χ2n) is 12.1. The Bertz CT molecular complexity index is 2020. The highest BCUT2D eigenvalue weighted by Gasteiger charge is 2.56. The van der Waals surface area contributed by atoms with Crippen LogP contribution in [0.4, 0.5) is 14.5 Å². The highest BCUT2D eigenvalue weighted by Crippen LogP contribution is 2.45. The van der Waals surface area contributed by atoms with Crippen LogP contribution in [-0.2, 0) is 14.4 Å². The van der Waals surface area contributed by atoms with Crippen molar-refractivity contribution in [2.45, 2.75) is 37.4 Å². The summed E-state index contributed by atoms with van der Waals surface area (Å²) >= 11 is 0. The minimum atomic E-state index is -1.07. The fraction of sp³-hybridized carbons (Fsp3) is 0.222. The third-order valence-corrected chi connectivity index (χ3v) is 9.34. The zero-order valence-electron chi connectivity index (χ0n) is 25.0. The number of halogens is 2. The van der Waals surface area contributed by atoms with Crippen molar-refractivity contribution >= 4 is 46.0 Å². The quantitative estimate of drug-likeness (QED) is 0.244. The molecule has 11 heteroatoms. The van der Waals surface area contributed by atoms with E-state index in [1.54, 1.807) is 36.4 Å². The van der Waals surface area contributed by atoms with Gasteiger partial charge in [0.15, 0.2) is 12.1 Å². The number of imide groups is 1. The molecule has 47 heavy (non-hydrogen) atoms. The summed E-state index contributed by atoms with van der Waals surface area (Å²) < 4.78 is 27.5. The molecule has 3 aliphatic heterocycles. The van der Waals surface area contributed by atoms with Gasteiger partial charge in [-0.2, -0.15) is 10.2 Å². The maximum atomic E-state index is 14.1. The lowest BCUT2D eigenvalue weighted by Crippen LogP contribution is -2.45. The smallest absolute Gasteiger partial charge is 0.264 e. The van der Waals surface area contributed by atoms with Crippen molar-refractivity contribution in [3.8, 4) is 0 Å². The molecule has 4 atom stereocenters. The van der Waals surface area contributed by atoms with Crippen LogP contribution in [0.25, 0.3) is 16.8 Å². The summed E-state index contributed by atoms with van der Waals surface area (Å²) in [6.45, 7) is -0.342. The summed E-state index contributed by atoms with van der Waals surface area (Å²) in [5, 5.41) is 17.4. The number of nitrogens with zero attached hydrogens (tertiary/aromatic N) is 6. The molecule has 3 amide bonds. The topological polar surface area (TPSA) is 98.0 Å². The Balaban J connectivity index is 1.10. The number of benzene rings is 4. The number of allylic oxidation sites excluding steroid dienone is 1. The molecule has 1 aliphatic carbocycles. The molecule has 4 aliphatic rings. The van der Waals surface area contributed by atoms with Gasteiger partial charge >= 0.3 is 0 Å². The van der Waals surface area contributed by atoms with E-state index in [1.807, 2.05) is 36.4 Å². The molecule has 1 saturated carbocycles. The van der Waals surface area contributed by atoms with Crippen molar-refractivity contribution in [1.82, 2.24) is 10.0 Å². The first-order valence-corrected chi connectivity index (χ1v) is 15.5. The van der Waals surface area contributed by atoms with E-state index in [9.17, 15) is 23.2 Å². The summed E-state index contributed by atoms with van der Waals surface area (Å²) in [4.78, 5) is 42.6. The number of hydrazone groups is 1. The van der Waals surface area contributed by atoms with Gasteiger partial charge in [-0.15, -0.1) is 0 Å². The number of carbonyl (C=O) groups excluding carboxylic acids is 3. The number of rotatable bonds is 5. The van der Waals surface area contributed by atoms with Crippen molar-refractivity contribution in [3.05, 3.63) is 119 Å². The molecule has 8 rings (SSSR count). The minimum Gasteiger partial charge on any atom is -0.271 e. The standard InChI is InChI=1S/C36H28F2N6O3/c37-25-15-11-21(12-16-25)19-24-7-3-9-28-31(24)40-44(33(28)23-13-17-26(38)18-14-23)30(45)20-42-34-32(39-41-42)35(46)43(36(34)47)29-10-4-6-22-5-1-2-8-27(22)29/h1-2,4-6,8,10-19,28,32-34H,3,7,9,20H2/b24-19+/t28-,32+,33-,34+/m0/s1. The number of carbonyl (C=O) groups is 3. The maximum absolute atomic E-state index is 14.1. The van der Waals surface area contributed by atoms with Gasteiger partial charge in [0.2, 0.25) is 0 Å². The lowest BCUT2D eigenvalue weighted by atomic mass is 9.77. The van der Waals surface area contributed by atoms with Gasteiger partial charge in [0, 0.05) is 11.3 Å². The fourth-order valence-electron chi connectivity index (χ4n) is 7.17. The Labute approximate surface area is 268 Å². The summed E-state index contributed by atoms with van der Waals surface area (Å²) in [6, 6.07) is 22.5. The van der Waals surface area contributed by atoms with Crippen LogP contribution >= 0.6 is 0 Å². The monoisotopic (exact) mass is 630 g/mol. The summed E-state index contributed by atoms with van der Waals surface area (Å²) in [5.74, 6) is -2.32. The number of amides is 3. The first kappa shape index (κ1) is 28.9. The molecule has 2 fully saturated rings. The number of fused-ring (bicyclic) bond motifs is 3. The van der Waals surface area contributed by atoms with Crippen LogP contribution in [0.2, 0.25) is 0 Å². The van der Waals surface area contributed by atoms with Crippen LogP contribution in [0.1, 0.15) is 36.4 Å². The van der Waals surface area contributed by atoms with Gasteiger partial charge in [-0.1, -0.05) is 65.9 Å². The molecule has 0 radical (unpaired) electrons. The molecule has 0 spiro atoms. The molecule has 1 saturated heterocycles. The largest absolute Gasteiger partial charge is 0.271 e. The Morgan fingerprint density at radius 2 is 1.57 bits per heavy atom. The maximum Gasteiger partial charge on any atom is 0.264 e. The Morgan fingerprint density at radius 1 is 0.851 bits per heavy atom. The zero-order valence-corrected chi connectivity index (χ0v) is 25.0. The van der Waals surface area contributed by atoms with Gasteiger partial charge in [0.05, 0.1) is 17.4 Å². The molecular formula is C36H28F2N6O3. The summed E-state index contributed by atoms with van der Waals surface area (Å²) in [5.41, 5.74) is 3.69. The van der Waals surface area contributed by atoms with Gasteiger partial charge in [0.1, 0.15) is 18.2 Å². The molecule has 4 aromatic rings. The average molecular weight is 631 g/mol. The second-order valence-corrected chi connectivity index (χ2v) is 12.1. The SMILES string of the molecule is O=C1[C@@H]2N=NN(CC(=O)N3N=C4/C(=C/c5ccc(F)cc5)CCC[C@@H]4[C@@H]3c3ccc(F)cc3)[C@H]2C(=O)N1c1cccc2ccccc12. The van der Waals surface area contributed by atoms with Gasteiger partial charge < -0.3 is 0 Å². The van der Waals surface area contributed by atoms with Crippen LogP contribution in [0, 0.1) is 17.6 Å². The molecule has 9 nitrogen and oxygen atoms in total. The fourth-order valence-corrected chi connectivity index (χ4v) is 7.17. The van der Waals surface area contributed by atoms with E-state index in [0.717, 1.165) is 57.3 Å². The Morgan fingerprint density at radius 3 is 2.36 bits per heavy atom. The molecule has 0 aromatic heterocycles. The van der Waals surface area contributed by atoms with Crippen LogP contribution in [0.15, 0.2) is 112 Å². The third kappa shape index (κ3) is 4.89. The zero-order chi connectivity index (χ0) is 32.2. The van der Waals surface area contributed by atoms with E-state index in [-0.39, 0.29) is 18.3 Å². The number of hydrogen-bond acceptors (Lipinski definition) is 7. The van der Waals surface area contributed by atoms with Crippen LogP contribution in [-0.4, -0.2) is 52.1 Å². The third-order valence-electron chi connectivity index (χ3n) is 9.34. The van der Waals surface area contributed by atoms with Crippen molar-refractivity contribution in [2.75, 3.05) is 11.4 Å². The predicted octanol–water partition coefficient (Wildman–Crippen LogP) is 6.23. The van der Waals surface area contributed by atoms with E-state index < -0.39 is 41.7 Å². The van der Waals surface area contributed by atoms with Gasteiger partial charge in [0.25, 0.3) is 17.7 Å². The van der Waals surface area contributed by atoms with Gasteiger partial charge in [-0.25, -0.2) is 18.7 Å². The first-order valence-electron chi connectivity index (χ1n) is 15.5. The van der Waals surface area contributed by atoms with E-state index in [2.05, 4.69) is 10.3 Å². The highest BCUT2D eigenvalue weighted by atomic mass is 19.1. The van der Waals surface area contributed by atoms with Crippen LogP contribution < -0.4 is 4.90 Å². The average Bonchev–Trinajstić information content (AvgIpc) is 3.75. The molecule has 0 bridgehead atoms. The predicted molar refractivity (Wildman–Crippen MR) is 171 cm³/mol. The highest BCUT2D eigenvalue weighted by molar-refractivity contribution is 6.27. The lowest BCUT2D eigenvalue weighted by Gasteiger charge is -2.30. The first-order chi connectivity index (χ1) is 22.9. The van der Waals surface area contributed by atoms with E-state index in [1.165, 1.54) is 34.3 Å². The van der Waals surface area contributed by atoms with Crippen molar-refractivity contribution in [3.63, 3.8) is 0 Å². The number of hydrogen-bond donors (Lipinski definition) is 0. The van der Waals surface area contributed by atoms with Gasteiger partial charge in [-0.05, 0) is 77.8 Å². The Kier molecular flexibility index (Phi) is 6.96. The van der Waals surface area contributed by atoms with Crippen LogP contribution in [0.5, 0.6) is 0 Å².